The molecule has 2 aromatic carbocycles. The van der Waals surface area contributed by atoms with Crippen molar-refractivity contribution in [2.75, 3.05) is 13.2 Å². The normalized spacial score (nSPS) is 14.9. The number of non-ortho nitro benzene ring substituents is 1. The van der Waals surface area contributed by atoms with Gasteiger partial charge in [0, 0.05) is 31.9 Å². The van der Waals surface area contributed by atoms with E-state index in [1.165, 1.54) is 36.4 Å². The maximum absolute atomic E-state index is 12.6. The van der Waals surface area contributed by atoms with E-state index in [0.29, 0.717) is 31.6 Å². The molecule has 1 fully saturated rings. The van der Waals surface area contributed by atoms with Crippen LogP contribution in [0.15, 0.2) is 53.4 Å². The van der Waals surface area contributed by atoms with Gasteiger partial charge in [-0.15, -0.1) is 0 Å². The number of nitrogens with zero attached hydrogens (tertiary/aromatic N) is 1. The fraction of sp³-hybridized carbons (Fsp3) is 0.316. The summed E-state index contributed by atoms with van der Waals surface area (Å²) in [5.74, 6) is 0.172. The van der Waals surface area contributed by atoms with Gasteiger partial charge >= 0.3 is 6.09 Å². The van der Waals surface area contributed by atoms with Crippen LogP contribution in [-0.2, 0) is 21.1 Å². The third-order valence-corrected chi connectivity index (χ3v) is 6.83. The number of nitro groups is 1. The van der Waals surface area contributed by atoms with Crippen molar-refractivity contribution >= 4 is 21.6 Å². The number of sulfone groups is 1. The third-order valence-electron chi connectivity index (χ3n) is 4.55. The first-order valence-corrected chi connectivity index (χ1v) is 10.5. The minimum Gasteiger partial charge on any atom is -0.410 e. The molecule has 154 valence electrons. The topological polar surface area (TPSA) is 125 Å². The van der Waals surface area contributed by atoms with Gasteiger partial charge in [-0.3, -0.25) is 10.1 Å². The first-order chi connectivity index (χ1) is 13.9. The van der Waals surface area contributed by atoms with E-state index in [1.54, 1.807) is 12.1 Å². The van der Waals surface area contributed by atoms with Gasteiger partial charge in [-0.25, -0.2) is 13.2 Å². The predicted molar refractivity (Wildman–Crippen MR) is 103 cm³/mol. The maximum Gasteiger partial charge on any atom is 0.412 e. The van der Waals surface area contributed by atoms with Crippen LogP contribution in [-0.4, -0.2) is 37.9 Å². The van der Waals surface area contributed by atoms with E-state index in [9.17, 15) is 23.3 Å². The van der Waals surface area contributed by atoms with Crippen LogP contribution < -0.4 is 10.1 Å². The highest BCUT2D eigenvalue weighted by molar-refractivity contribution is 7.92. The zero-order chi connectivity index (χ0) is 20.9. The predicted octanol–water partition coefficient (Wildman–Crippen LogP) is 2.84. The molecule has 29 heavy (non-hydrogen) atoms. The van der Waals surface area contributed by atoms with E-state index in [-0.39, 0.29) is 22.9 Å². The summed E-state index contributed by atoms with van der Waals surface area (Å²) in [6, 6.07) is 11.5. The summed E-state index contributed by atoms with van der Waals surface area (Å²) in [5, 5.41) is 12.7. The molecule has 0 bridgehead atoms. The second-order valence-corrected chi connectivity index (χ2v) is 8.72. The van der Waals surface area contributed by atoms with Crippen molar-refractivity contribution in [2.45, 2.75) is 29.5 Å². The Kier molecular flexibility index (Phi) is 6.45. The fourth-order valence-electron chi connectivity index (χ4n) is 2.93. The average Bonchev–Trinajstić information content (AvgIpc) is 2.73. The van der Waals surface area contributed by atoms with Gasteiger partial charge in [0.25, 0.3) is 5.69 Å². The average molecular weight is 420 g/mol. The fourth-order valence-corrected chi connectivity index (χ4v) is 4.64. The monoisotopic (exact) mass is 420 g/mol. The summed E-state index contributed by atoms with van der Waals surface area (Å²) >= 11 is 0. The highest BCUT2D eigenvalue weighted by Gasteiger charge is 2.29. The van der Waals surface area contributed by atoms with Gasteiger partial charge in [-0.2, -0.15) is 0 Å². The molecular formula is C19H20N2O7S. The molecule has 9 nitrogen and oxygen atoms in total. The molecular weight excluding hydrogens is 400 g/mol. The first kappa shape index (κ1) is 20.7. The standard InChI is InChI=1S/C19H20N2O7S/c22-19(28-16-5-3-15(4-6-16)21(23)24)20-13-14-1-7-17(8-2-14)29(25,26)18-9-11-27-12-10-18/h1-8,18H,9-13H2,(H,20,22). The summed E-state index contributed by atoms with van der Waals surface area (Å²) in [7, 11) is -3.40. The quantitative estimate of drug-likeness (QED) is 0.563. The third kappa shape index (κ3) is 5.30. The van der Waals surface area contributed by atoms with Crippen LogP contribution in [0.25, 0.3) is 0 Å². The number of nitro benzene ring substituents is 1. The van der Waals surface area contributed by atoms with Gasteiger partial charge in [-0.1, -0.05) is 12.1 Å². The van der Waals surface area contributed by atoms with Crippen LogP contribution in [0.3, 0.4) is 0 Å². The molecule has 0 atom stereocenters. The van der Waals surface area contributed by atoms with E-state index in [0.717, 1.165) is 0 Å². The smallest absolute Gasteiger partial charge is 0.410 e. The van der Waals surface area contributed by atoms with Crippen LogP contribution in [0.5, 0.6) is 5.75 Å². The van der Waals surface area contributed by atoms with Crippen molar-refractivity contribution in [2.24, 2.45) is 0 Å². The van der Waals surface area contributed by atoms with Crippen LogP contribution >= 0.6 is 0 Å². The van der Waals surface area contributed by atoms with E-state index >= 15 is 0 Å². The Morgan fingerprint density at radius 2 is 1.72 bits per heavy atom. The molecule has 1 aliphatic rings. The molecule has 2 aromatic rings. The summed E-state index contributed by atoms with van der Waals surface area (Å²) in [6.07, 6.45) is 0.248. The number of carbonyl (C=O) groups is 1. The SMILES string of the molecule is O=C(NCc1ccc(S(=O)(=O)C2CCOCC2)cc1)Oc1ccc([N+](=O)[O-])cc1. The number of amides is 1. The molecule has 1 N–H and O–H groups in total. The molecule has 0 unspecified atom stereocenters. The second kappa shape index (κ2) is 9.01. The van der Waals surface area contributed by atoms with Crippen LogP contribution in [0.2, 0.25) is 0 Å². The summed E-state index contributed by atoms with van der Waals surface area (Å²) in [4.78, 5) is 22.2. The number of nitrogens with one attached hydrogen (secondary N) is 1. The zero-order valence-electron chi connectivity index (χ0n) is 15.4. The van der Waals surface area contributed by atoms with Crippen molar-refractivity contribution in [3.05, 3.63) is 64.2 Å². The molecule has 1 amide bonds. The number of hydrogen-bond donors (Lipinski definition) is 1. The lowest BCUT2D eigenvalue weighted by atomic mass is 10.2. The van der Waals surface area contributed by atoms with Gasteiger partial charge in [-0.05, 0) is 42.7 Å². The molecule has 3 rings (SSSR count). The zero-order valence-corrected chi connectivity index (χ0v) is 16.3. The van der Waals surface area contributed by atoms with Gasteiger partial charge in [0.2, 0.25) is 0 Å². The van der Waals surface area contributed by atoms with E-state index in [4.69, 9.17) is 9.47 Å². The molecule has 0 aromatic heterocycles. The van der Waals surface area contributed by atoms with Gasteiger partial charge in [0.1, 0.15) is 5.75 Å². The van der Waals surface area contributed by atoms with Crippen molar-refractivity contribution in [1.82, 2.24) is 5.32 Å². The molecule has 0 radical (unpaired) electrons. The van der Waals surface area contributed by atoms with Gasteiger partial charge in [0.15, 0.2) is 9.84 Å². The first-order valence-electron chi connectivity index (χ1n) is 8.97. The highest BCUT2D eigenvalue weighted by Crippen LogP contribution is 2.24. The largest absolute Gasteiger partial charge is 0.412 e. The van der Waals surface area contributed by atoms with Crippen molar-refractivity contribution < 1.29 is 27.6 Å². The Morgan fingerprint density at radius 1 is 1.10 bits per heavy atom. The molecule has 1 heterocycles. The molecule has 1 aliphatic heterocycles. The van der Waals surface area contributed by atoms with Crippen molar-refractivity contribution in [3.8, 4) is 5.75 Å². The van der Waals surface area contributed by atoms with Crippen molar-refractivity contribution in [1.29, 1.82) is 0 Å². The Balaban J connectivity index is 1.54. The number of rotatable bonds is 6. The van der Waals surface area contributed by atoms with Gasteiger partial charge < -0.3 is 14.8 Å². The minimum atomic E-state index is -3.40. The lowest BCUT2D eigenvalue weighted by Crippen LogP contribution is -2.29. The van der Waals surface area contributed by atoms with E-state index < -0.39 is 26.1 Å². The molecule has 10 heteroatoms. The van der Waals surface area contributed by atoms with E-state index in [1.807, 2.05) is 0 Å². The minimum absolute atomic E-state index is 0.103. The van der Waals surface area contributed by atoms with Crippen molar-refractivity contribution in [3.63, 3.8) is 0 Å². The Bertz CT molecular complexity index is 967. The lowest BCUT2D eigenvalue weighted by Gasteiger charge is -2.22. The van der Waals surface area contributed by atoms with Gasteiger partial charge in [0.05, 0.1) is 15.1 Å². The summed E-state index contributed by atoms with van der Waals surface area (Å²) in [6.45, 7) is 1.04. The lowest BCUT2D eigenvalue weighted by molar-refractivity contribution is -0.384. The van der Waals surface area contributed by atoms with Crippen LogP contribution in [0, 0.1) is 10.1 Å². The van der Waals surface area contributed by atoms with Crippen LogP contribution in [0.1, 0.15) is 18.4 Å². The highest BCUT2D eigenvalue weighted by atomic mass is 32.2. The number of benzene rings is 2. The molecule has 1 saturated heterocycles. The maximum atomic E-state index is 12.6. The second-order valence-electron chi connectivity index (χ2n) is 6.49. The summed E-state index contributed by atoms with van der Waals surface area (Å²) in [5.41, 5.74) is 0.602. The Morgan fingerprint density at radius 3 is 2.31 bits per heavy atom. The Hall–Kier alpha value is -2.98. The van der Waals surface area contributed by atoms with Crippen LogP contribution in [0.4, 0.5) is 10.5 Å². The number of hydrogen-bond acceptors (Lipinski definition) is 7. The molecule has 0 spiro atoms. The molecule has 0 saturated carbocycles. The summed E-state index contributed by atoms with van der Waals surface area (Å²) < 4.78 is 35.6. The number of ether oxygens (including phenoxy) is 2. The Labute approximate surface area is 167 Å². The van der Waals surface area contributed by atoms with E-state index in [2.05, 4.69) is 5.32 Å². The molecule has 0 aliphatic carbocycles. The number of carbonyl (C=O) groups excluding carboxylic acids is 1.